The molecule has 2 saturated heterocycles. The van der Waals surface area contributed by atoms with Crippen molar-refractivity contribution in [1.29, 1.82) is 0 Å². The molecular weight excluding hydrogens is 1100 g/mol. The molecule has 2 fully saturated rings. The quantitative estimate of drug-likeness (QED) is 0.0603. The minimum atomic E-state index is -2.14. The van der Waals surface area contributed by atoms with Crippen LogP contribution in [-0.4, -0.2) is 182 Å². The molecule has 2 aliphatic heterocycles. The topological polar surface area (TPSA) is 234 Å². The van der Waals surface area contributed by atoms with E-state index in [1.807, 2.05) is 77.9 Å². The average molecular weight is 1200 g/mol. The molecule has 8 atom stereocenters. The number of carboxylic acid groups (broad SMARTS) is 1. The second-order valence-electron chi connectivity index (χ2n) is 26.6. The van der Waals surface area contributed by atoms with E-state index in [2.05, 4.69) is 5.32 Å². The van der Waals surface area contributed by atoms with E-state index in [1.54, 1.807) is 12.1 Å². The van der Waals surface area contributed by atoms with E-state index in [1.165, 1.54) is 69.7 Å². The van der Waals surface area contributed by atoms with Crippen LogP contribution in [0.5, 0.6) is 0 Å². The first-order valence-corrected chi connectivity index (χ1v) is 29.6. The largest absolute Gasteiger partial charge is 0.479 e. The smallest absolute Gasteiger partial charge is 0.344 e. The summed E-state index contributed by atoms with van der Waals surface area (Å²) >= 11 is 0. The van der Waals surface area contributed by atoms with Gasteiger partial charge in [0.25, 0.3) is 17.7 Å². The van der Waals surface area contributed by atoms with E-state index < -0.39 is 125 Å². The number of nitrogens with zero attached hydrogens (tertiary/aromatic N) is 3. The number of rotatable bonds is 28. The van der Waals surface area contributed by atoms with Gasteiger partial charge in [-0.25, -0.2) is 28.0 Å². The molecule has 2 heterocycles. The van der Waals surface area contributed by atoms with Crippen molar-refractivity contribution in [1.82, 2.24) is 20.0 Å². The summed E-state index contributed by atoms with van der Waals surface area (Å²) in [7, 11) is 5.33. The molecule has 19 nitrogen and oxygen atoms in total. The number of hydrogen-bond donors (Lipinski definition) is 2. The van der Waals surface area contributed by atoms with Crippen molar-refractivity contribution in [2.75, 3.05) is 54.6 Å². The Morgan fingerprint density at radius 2 is 0.847 bits per heavy atom. The number of amides is 3. The van der Waals surface area contributed by atoms with Crippen molar-refractivity contribution >= 4 is 47.6 Å². The summed E-state index contributed by atoms with van der Waals surface area (Å²) in [6, 6.07) is 9.37. The Morgan fingerprint density at radius 3 is 1.19 bits per heavy atom. The van der Waals surface area contributed by atoms with Gasteiger partial charge in [-0.2, -0.15) is 0 Å². The van der Waals surface area contributed by atoms with Gasteiger partial charge in [-0.05, 0) is 132 Å². The number of esters is 4. The second kappa shape index (κ2) is 31.0. The third-order valence-corrected chi connectivity index (χ3v) is 15.4. The molecule has 0 bridgehead atoms. The Kier molecular flexibility index (Phi) is 26.1. The first-order valence-electron chi connectivity index (χ1n) is 29.6. The minimum Gasteiger partial charge on any atom is -0.479 e. The SMILES string of the molecule is CN[C@@H](CC(C)(C)F)C(=O)O[C@H](Cc1ccc(C2CCOCC2)cc1)C(=O)N(C)[C@@H](CC(C)(C)C)C(=O)O[C@H](C)C(=O)N(C)[C@@H](CC(C)(C)F)C(=O)O[C@H](Cc1ccc(C2CCOCC2)cc1)C(=O)N(C)[C@@H](CC(C)(C)C)C(=O)O[C@H](C)C(=O)O. The Morgan fingerprint density at radius 1 is 0.518 bits per heavy atom. The fourth-order valence-electron chi connectivity index (χ4n) is 10.5. The van der Waals surface area contributed by atoms with Crippen LogP contribution >= 0.6 is 0 Å². The predicted molar refractivity (Wildman–Crippen MR) is 315 cm³/mol. The number of aliphatic carboxylic acids is 1. The highest BCUT2D eigenvalue weighted by Gasteiger charge is 2.44. The molecule has 0 aliphatic carbocycles. The van der Waals surface area contributed by atoms with E-state index in [4.69, 9.17) is 28.4 Å². The van der Waals surface area contributed by atoms with Crippen LogP contribution in [0.4, 0.5) is 8.78 Å². The molecule has 3 amide bonds. The van der Waals surface area contributed by atoms with Gasteiger partial charge >= 0.3 is 29.8 Å². The zero-order valence-corrected chi connectivity index (χ0v) is 53.1. The first-order chi connectivity index (χ1) is 39.4. The number of halogens is 2. The van der Waals surface area contributed by atoms with Gasteiger partial charge in [-0.15, -0.1) is 0 Å². The highest BCUT2D eigenvalue weighted by molar-refractivity contribution is 5.93. The monoisotopic (exact) mass is 1200 g/mol. The summed E-state index contributed by atoms with van der Waals surface area (Å²) in [6.45, 7) is 20.8. The Bertz CT molecular complexity index is 2560. The van der Waals surface area contributed by atoms with Gasteiger partial charge < -0.3 is 53.5 Å². The van der Waals surface area contributed by atoms with Crippen LogP contribution in [0.1, 0.15) is 169 Å². The Labute approximate surface area is 501 Å². The lowest BCUT2D eigenvalue weighted by Crippen LogP contribution is -2.54. The lowest BCUT2D eigenvalue weighted by molar-refractivity contribution is -0.175. The van der Waals surface area contributed by atoms with E-state index >= 15 is 4.39 Å². The highest BCUT2D eigenvalue weighted by atomic mass is 19.1. The van der Waals surface area contributed by atoms with E-state index in [0.29, 0.717) is 37.6 Å². The van der Waals surface area contributed by atoms with Gasteiger partial charge in [0.1, 0.15) is 35.5 Å². The number of ether oxygens (including phenoxy) is 6. The molecule has 0 saturated carbocycles. The van der Waals surface area contributed by atoms with E-state index in [9.17, 15) is 47.9 Å². The van der Waals surface area contributed by atoms with Crippen LogP contribution in [0.25, 0.3) is 0 Å². The molecule has 0 spiro atoms. The molecule has 476 valence electrons. The van der Waals surface area contributed by atoms with Crippen LogP contribution in [-0.2, 0) is 79.6 Å². The maximum absolute atomic E-state index is 16.0. The van der Waals surface area contributed by atoms with Crippen molar-refractivity contribution in [2.24, 2.45) is 10.8 Å². The minimum absolute atomic E-state index is 0.00499. The van der Waals surface area contributed by atoms with Crippen molar-refractivity contribution in [3.05, 3.63) is 70.8 Å². The zero-order chi connectivity index (χ0) is 63.9. The fourth-order valence-corrected chi connectivity index (χ4v) is 10.5. The fraction of sp³-hybridized carbons (Fsp3) is 0.688. The molecule has 2 aromatic carbocycles. The number of alkyl halides is 2. The molecule has 85 heavy (non-hydrogen) atoms. The molecule has 0 aromatic heterocycles. The number of hydrogen-bond acceptors (Lipinski definition) is 15. The molecule has 2 aromatic rings. The third kappa shape index (κ3) is 23.0. The van der Waals surface area contributed by atoms with Crippen LogP contribution in [0.3, 0.4) is 0 Å². The van der Waals surface area contributed by atoms with Crippen molar-refractivity contribution in [2.45, 2.75) is 219 Å². The Hall–Kier alpha value is -6.06. The molecule has 4 rings (SSSR count). The zero-order valence-electron chi connectivity index (χ0n) is 53.1. The number of carboxylic acids is 1. The van der Waals surface area contributed by atoms with Gasteiger partial charge in [0, 0.05) is 73.3 Å². The van der Waals surface area contributed by atoms with Gasteiger partial charge in [0.05, 0.1) is 0 Å². The summed E-state index contributed by atoms with van der Waals surface area (Å²) in [4.78, 5) is 116. The van der Waals surface area contributed by atoms with Crippen LogP contribution in [0.15, 0.2) is 48.5 Å². The molecule has 0 radical (unpaired) electrons. The van der Waals surface area contributed by atoms with Crippen molar-refractivity contribution in [3.8, 4) is 0 Å². The van der Waals surface area contributed by atoms with Gasteiger partial charge in [0.2, 0.25) is 0 Å². The Balaban J connectivity index is 1.67. The van der Waals surface area contributed by atoms with E-state index in [0.717, 1.165) is 51.5 Å². The average Bonchev–Trinajstić information content (AvgIpc) is 3.23. The van der Waals surface area contributed by atoms with Gasteiger partial charge in [0.15, 0.2) is 24.4 Å². The van der Waals surface area contributed by atoms with Crippen LogP contribution in [0.2, 0.25) is 0 Å². The first kappa shape index (κ1) is 71.4. The number of carbonyl (C=O) groups excluding carboxylic acids is 7. The summed E-state index contributed by atoms with van der Waals surface area (Å²) in [5.41, 5.74) is -1.87. The number of likely N-dealkylation sites (N-methyl/N-ethyl adjacent to an activating group) is 4. The standard InChI is InChI=1S/C64H96F2N4O15/c1-39(82-58(77)48(36-61(3,4)5)69(15)54(72)51(84-57(76)47(67-13)35-63(9,10)65)33-41-17-21-43(22-18-41)45-25-29-80-30-26-45)53(71)68(14)50(38-64(11,12)66)60(79)85-52(34-42-19-23-44(24-20-42)46-27-31-81-32-28-46)55(73)70(16)49(37-62(6,7)8)59(78)83-40(2)56(74)75/h17-24,39-40,45-52,67H,25-38H2,1-16H3,(H,74,75)/t39-,40-,47+,48+,49+,50+,51-,52-/m1/s1. The summed E-state index contributed by atoms with van der Waals surface area (Å²) < 4.78 is 65.1. The normalized spacial score (nSPS) is 17.6. The summed E-state index contributed by atoms with van der Waals surface area (Å²) in [6.07, 6.45) is -4.38. The van der Waals surface area contributed by atoms with Crippen molar-refractivity contribution < 1.29 is 80.7 Å². The van der Waals surface area contributed by atoms with Crippen molar-refractivity contribution in [3.63, 3.8) is 0 Å². The molecule has 2 N–H and O–H groups in total. The molecule has 21 heteroatoms. The number of carbonyl (C=O) groups is 8. The maximum atomic E-state index is 16.0. The number of nitrogens with one attached hydrogen (secondary N) is 1. The molecular formula is C64H96F2N4O15. The predicted octanol–water partition coefficient (Wildman–Crippen LogP) is 8.25. The highest BCUT2D eigenvalue weighted by Crippen LogP contribution is 2.32. The van der Waals surface area contributed by atoms with Gasteiger partial charge in [-0.1, -0.05) is 90.1 Å². The van der Waals surface area contributed by atoms with Crippen LogP contribution in [0, 0.1) is 10.8 Å². The lowest BCUT2D eigenvalue weighted by atomic mass is 9.87. The van der Waals surface area contributed by atoms with Crippen LogP contribution < -0.4 is 5.32 Å². The van der Waals surface area contributed by atoms with E-state index in [-0.39, 0.29) is 43.9 Å². The maximum Gasteiger partial charge on any atom is 0.344 e. The van der Waals surface area contributed by atoms with Gasteiger partial charge in [-0.3, -0.25) is 19.2 Å². The molecule has 2 aliphatic rings. The molecule has 0 unspecified atom stereocenters. The summed E-state index contributed by atoms with van der Waals surface area (Å²) in [5.74, 6) is -7.65. The second-order valence-corrected chi connectivity index (χ2v) is 26.6. The number of benzene rings is 2. The summed E-state index contributed by atoms with van der Waals surface area (Å²) in [5, 5.41) is 12.4. The third-order valence-electron chi connectivity index (χ3n) is 15.4. The lowest BCUT2D eigenvalue weighted by Gasteiger charge is -2.36.